The molecule has 0 aromatic carbocycles. The van der Waals surface area contributed by atoms with Crippen molar-refractivity contribution in [2.75, 3.05) is 6.54 Å². The molecule has 3 heteroatoms. The van der Waals surface area contributed by atoms with Gasteiger partial charge in [0.15, 0.2) is 5.78 Å². The lowest BCUT2D eigenvalue weighted by atomic mass is 10.1. The first kappa shape index (κ1) is 14.1. The Morgan fingerprint density at radius 2 is 1.80 bits per heavy atom. The summed E-state index contributed by atoms with van der Waals surface area (Å²) in [6, 6.07) is -0.144. The first-order chi connectivity index (χ1) is 7.04. The van der Waals surface area contributed by atoms with Crippen molar-refractivity contribution >= 4 is 11.7 Å². The molecule has 1 unspecified atom stereocenters. The average molecular weight is 213 g/mol. The van der Waals surface area contributed by atoms with Gasteiger partial charge in [0.25, 0.3) is 0 Å². The number of amides is 1. The van der Waals surface area contributed by atoms with Gasteiger partial charge >= 0.3 is 0 Å². The van der Waals surface area contributed by atoms with Gasteiger partial charge in [-0.3, -0.25) is 9.59 Å². The molecule has 15 heavy (non-hydrogen) atoms. The Hall–Kier alpha value is -0.860. The molecule has 0 aromatic heterocycles. The standard InChI is InChI=1S/C10H17NO2.C2H6/c1-7(2)10(13)11-6-4-5-9(11)8(3)12;1-2/h7,9H,4-6H2,1-3H3;1-2H3. The summed E-state index contributed by atoms with van der Waals surface area (Å²) in [6.07, 6.45) is 1.80. The van der Waals surface area contributed by atoms with Crippen molar-refractivity contribution in [3.8, 4) is 0 Å². The van der Waals surface area contributed by atoms with Gasteiger partial charge in [-0.25, -0.2) is 0 Å². The molecule has 1 fully saturated rings. The van der Waals surface area contributed by atoms with Gasteiger partial charge in [0, 0.05) is 12.5 Å². The maximum absolute atomic E-state index is 11.6. The van der Waals surface area contributed by atoms with E-state index in [1.165, 1.54) is 0 Å². The highest BCUT2D eigenvalue weighted by Crippen LogP contribution is 2.20. The smallest absolute Gasteiger partial charge is 0.225 e. The van der Waals surface area contributed by atoms with Crippen molar-refractivity contribution in [3.05, 3.63) is 0 Å². The first-order valence-electron chi connectivity index (χ1n) is 5.85. The largest absolute Gasteiger partial charge is 0.332 e. The van der Waals surface area contributed by atoms with Crippen LogP contribution in [0.15, 0.2) is 0 Å². The van der Waals surface area contributed by atoms with Gasteiger partial charge in [-0.15, -0.1) is 0 Å². The molecule has 1 rings (SSSR count). The Morgan fingerprint density at radius 1 is 1.27 bits per heavy atom. The van der Waals surface area contributed by atoms with Gasteiger partial charge < -0.3 is 4.90 Å². The van der Waals surface area contributed by atoms with Crippen LogP contribution >= 0.6 is 0 Å². The van der Waals surface area contributed by atoms with E-state index >= 15 is 0 Å². The van der Waals surface area contributed by atoms with E-state index in [-0.39, 0.29) is 23.7 Å². The van der Waals surface area contributed by atoms with E-state index < -0.39 is 0 Å². The lowest BCUT2D eigenvalue weighted by Crippen LogP contribution is -2.41. The second-order valence-corrected chi connectivity index (χ2v) is 3.96. The minimum Gasteiger partial charge on any atom is -0.332 e. The van der Waals surface area contributed by atoms with E-state index in [4.69, 9.17) is 0 Å². The van der Waals surface area contributed by atoms with Crippen molar-refractivity contribution in [2.24, 2.45) is 5.92 Å². The fourth-order valence-electron chi connectivity index (χ4n) is 1.78. The number of nitrogens with zero attached hydrogens (tertiary/aromatic N) is 1. The minimum atomic E-state index is -0.144. The molecule has 1 saturated heterocycles. The lowest BCUT2D eigenvalue weighted by Gasteiger charge is -2.24. The Labute approximate surface area is 92.8 Å². The van der Waals surface area contributed by atoms with Gasteiger partial charge in [0.2, 0.25) is 5.91 Å². The highest BCUT2D eigenvalue weighted by atomic mass is 16.2. The van der Waals surface area contributed by atoms with E-state index in [1.54, 1.807) is 11.8 Å². The molecule has 1 amide bonds. The Morgan fingerprint density at radius 3 is 2.20 bits per heavy atom. The van der Waals surface area contributed by atoms with Gasteiger partial charge in [0.1, 0.15) is 0 Å². The van der Waals surface area contributed by atoms with Gasteiger partial charge in [0.05, 0.1) is 6.04 Å². The van der Waals surface area contributed by atoms with Crippen LogP contribution < -0.4 is 0 Å². The van der Waals surface area contributed by atoms with Crippen LogP contribution in [0.25, 0.3) is 0 Å². The molecule has 1 aliphatic rings. The third-order valence-corrected chi connectivity index (χ3v) is 2.50. The molecule has 0 aliphatic carbocycles. The molecule has 1 aliphatic heterocycles. The molecule has 0 radical (unpaired) electrons. The summed E-state index contributed by atoms with van der Waals surface area (Å²) in [7, 11) is 0. The summed E-state index contributed by atoms with van der Waals surface area (Å²) >= 11 is 0. The Bertz CT molecular complexity index is 224. The van der Waals surface area contributed by atoms with Crippen LogP contribution in [0.5, 0.6) is 0 Å². The fourth-order valence-corrected chi connectivity index (χ4v) is 1.78. The molecular formula is C12H23NO2. The summed E-state index contributed by atoms with van der Waals surface area (Å²) in [5.74, 6) is 0.226. The number of carbonyl (C=O) groups excluding carboxylic acids is 2. The predicted octanol–water partition coefficient (Wildman–Crippen LogP) is 2.25. The normalized spacial score (nSPS) is 19.9. The van der Waals surface area contributed by atoms with Crippen LogP contribution in [0.4, 0.5) is 0 Å². The van der Waals surface area contributed by atoms with Crippen LogP contribution in [0.2, 0.25) is 0 Å². The number of hydrogen-bond acceptors (Lipinski definition) is 2. The van der Waals surface area contributed by atoms with Crippen molar-refractivity contribution in [1.82, 2.24) is 4.90 Å². The number of rotatable bonds is 2. The zero-order chi connectivity index (χ0) is 12.0. The van der Waals surface area contributed by atoms with Crippen LogP contribution in [0.3, 0.4) is 0 Å². The molecule has 3 nitrogen and oxygen atoms in total. The third-order valence-electron chi connectivity index (χ3n) is 2.50. The van der Waals surface area contributed by atoms with E-state index in [1.807, 2.05) is 27.7 Å². The van der Waals surface area contributed by atoms with Crippen LogP contribution in [-0.4, -0.2) is 29.2 Å². The zero-order valence-electron chi connectivity index (χ0n) is 10.5. The summed E-state index contributed by atoms with van der Waals surface area (Å²) < 4.78 is 0. The average Bonchev–Trinajstić information content (AvgIpc) is 2.68. The molecule has 0 bridgehead atoms. The zero-order valence-corrected chi connectivity index (χ0v) is 10.5. The van der Waals surface area contributed by atoms with Crippen molar-refractivity contribution in [3.63, 3.8) is 0 Å². The number of ketones is 1. The highest BCUT2D eigenvalue weighted by molar-refractivity contribution is 5.88. The number of likely N-dealkylation sites (tertiary alicyclic amines) is 1. The maximum atomic E-state index is 11.6. The predicted molar refractivity (Wildman–Crippen MR) is 61.6 cm³/mol. The summed E-state index contributed by atoms with van der Waals surface area (Å²) in [6.45, 7) is 10.1. The van der Waals surface area contributed by atoms with Crippen molar-refractivity contribution < 1.29 is 9.59 Å². The van der Waals surface area contributed by atoms with Crippen molar-refractivity contribution in [1.29, 1.82) is 0 Å². The second kappa shape index (κ2) is 6.59. The molecule has 0 spiro atoms. The molecule has 0 aromatic rings. The first-order valence-corrected chi connectivity index (χ1v) is 5.85. The van der Waals surface area contributed by atoms with E-state index in [0.717, 1.165) is 19.4 Å². The molecule has 88 valence electrons. The van der Waals surface area contributed by atoms with E-state index in [2.05, 4.69) is 0 Å². The topological polar surface area (TPSA) is 37.4 Å². The van der Waals surface area contributed by atoms with Gasteiger partial charge in [-0.1, -0.05) is 27.7 Å². The third kappa shape index (κ3) is 3.65. The fraction of sp³-hybridized carbons (Fsp3) is 0.833. The number of hydrogen-bond donors (Lipinski definition) is 0. The van der Waals surface area contributed by atoms with Gasteiger partial charge in [-0.2, -0.15) is 0 Å². The maximum Gasteiger partial charge on any atom is 0.225 e. The minimum absolute atomic E-state index is 0.0000463. The van der Waals surface area contributed by atoms with E-state index in [0.29, 0.717) is 0 Å². The SMILES string of the molecule is CC.CC(=O)C1CCCN1C(=O)C(C)C. The van der Waals surface area contributed by atoms with Crippen LogP contribution in [-0.2, 0) is 9.59 Å². The molecule has 0 saturated carbocycles. The lowest BCUT2D eigenvalue weighted by molar-refractivity contribution is -0.139. The molecule has 0 N–H and O–H groups in total. The molecule has 1 heterocycles. The summed E-state index contributed by atoms with van der Waals surface area (Å²) in [5.41, 5.74) is 0. The second-order valence-electron chi connectivity index (χ2n) is 3.96. The summed E-state index contributed by atoms with van der Waals surface area (Å²) in [5, 5.41) is 0. The van der Waals surface area contributed by atoms with Crippen LogP contribution in [0, 0.1) is 5.92 Å². The Balaban J connectivity index is 0.000000921. The molecule has 1 atom stereocenters. The van der Waals surface area contributed by atoms with E-state index in [9.17, 15) is 9.59 Å². The quantitative estimate of drug-likeness (QED) is 0.705. The van der Waals surface area contributed by atoms with Crippen LogP contribution in [0.1, 0.15) is 47.5 Å². The summed E-state index contributed by atoms with van der Waals surface area (Å²) in [4.78, 5) is 24.6. The number of carbonyl (C=O) groups is 2. The highest BCUT2D eigenvalue weighted by Gasteiger charge is 2.32. The molecular weight excluding hydrogens is 190 g/mol. The number of Topliss-reactive ketones (excluding diaryl/α,β-unsaturated/α-hetero) is 1. The van der Waals surface area contributed by atoms with Gasteiger partial charge in [-0.05, 0) is 19.8 Å². The van der Waals surface area contributed by atoms with Crippen molar-refractivity contribution in [2.45, 2.75) is 53.5 Å². The monoisotopic (exact) mass is 213 g/mol. The Kier molecular flexibility index (Phi) is 6.21.